The van der Waals surface area contributed by atoms with E-state index in [4.69, 9.17) is 15.8 Å². The fourth-order valence-electron chi connectivity index (χ4n) is 1.11. The number of nitrogens with zero attached hydrogens (tertiary/aromatic N) is 3. The summed E-state index contributed by atoms with van der Waals surface area (Å²) in [5.41, 5.74) is 4.91. The van der Waals surface area contributed by atoms with Gasteiger partial charge in [-0.2, -0.15) is 0 Å². The first-order chi connectivity index (χ1) is 8.08. The van der Waals surface area contributed by atoms with Gasteiger partial charge in [-0.3, -0.25) is 4.79 Å². The zero-order valence-electron chi connectivity index (χ0n) is 9.38. The minimum atomic E-state index is -0.696. The van der Waals surface area contributed by atoms with E-state index < -0.39 is 11.7 Å². The van der Waals surface area contributed by atoms with E-state index in [-0.39, 0.29) is 11.8 Å². The van der Waals surface area contributed by atoms with Gasteiger partial charge in [0.25, 0.3) is 5.91 Å². The maximum atomic E-state index is 11.7. The summed E-state index contributed by atoms with van der Waals surface area (Å²) in [6.07, 6.45) is 0.360. The Balaban J connectivity index is 2.70. The Hall–Kier alpha value is -2.32. The fraction of sp³-hybridized carbons (Fsp3) is 0.500. The summed E-state index contributed by atoms with van der Waals surface area (Å²) in [6.45, 7) is 1.80. The topological polar surface area (TPSA) is 131 Å². The van der Waals surface area contributed by atoms with Gasteiger partial charge in [0.2, 0.25) is 5.71 Å². The summed E-state index contributed by atoms with van der Waals surface area (Å²) in [5, 5.41) is 20.5. The molecule has 94 valence electrons. The van der Waals surface area contributed by atoms with E-state index in [0.717, 1.165) is 0 Å². The summed E-state index contributed by atoms with van der Waals surface area (Å²) >= 11 is 0. The second-order valence-electron chi connectivity index (χ2n) is 3.22. The summed E-state index contributed by atoms with van der Waals surface area (Å²) in [4.78, 5) is 21.0. The molecule has 9 nitrogen and oxygen atoms in total. The molecule has 0 spiro atoms. The van der Waals surface area contributed by atoms with Crippen molar-refractivity contribution >= 4 is 23.3 Å². The molecular formula is C8H13N5O4. The van der Waals surface area contributed by atoms with Gasteiger partial charge in [-0.05, 0) is 6.92 Å². The summed E-state index contributed by atoms with van der Waals surface area (Å²) in [6, 6.07) is 0. The van der Waals surface area contributed by atoms with Crippen LogP contribution in [0.5, 0.6) is 0 Å². The zero-order valence-corrected chi connectivity index (χ0v) is 9.38. The molecule has 1 rings (SSSR count). The lowest BCUT2D eigenvalue weighted by atomic mass is 10.2. The molecule has 9 heteroatoms. The molecule has 1 heterocycles. The van der Waals surface area contributed by atoms with Gasteiger partial charge in [0.1, 0.15) is 13.2 Å². The van der Waals surface area contributed by atoms with E-state index in [9.17, 15) is 4.79 Å². The Labute approximate surface area is 96.9 Å². The lowest BCUT2D eigenvalue weighted by molar-refractivity contribution is -0.113. The van der Waals surface area contributed by atoms with Crippen LogP contribution in [0.3, 0.4) is 0 Å². The van der Waals surface area contributed by atoms with Gasteiger partial charge in [-0.25, -0.2) is 0 Å². The highest BCUT2D eigenvalue weighted by Crippen LogP contribution is 2.07. The summed E-state index contributed by atoms with van der Waals surface area (Å²) < 4.78 is 0. The standard InChI is InChI=1S/C8H13N5O4/c1-4-3-5(12-17-4)10-8(14)6(13-16-2)7(9)11-15/h4,15H,3H2,1-2H3,(H2,9,11)(H,10,12,14)/b13-6+. The third kappa shape index (κ3) is 3.33. The van der Waals surface area contributed by atoms with Crippen LogP contribution in [0, 0.1) is 0 Å². The van der Waals surface area contributed by atoms with Crippen molar-refractivity contribution in [3.63, 3.8) is 0 Å². The monoisotopic (exact) mass is 243 g/mol. The van der Waals surface area contributed by atoms with Crippen LogP contribution in [0.4, 0.5) is 0 Å². The lowest BCUT2D eigenvalue weighted by Crippen LogP contribution is -2.42. The van der Waals surface area contributed by atoms with Crippen LogP contribution in [-0.2, 0) is 14.5 Å². The third-order valence-corrected chi connectivity index (χ3v) is 1.83. The number of nitrogens with one attached hydrogen (secondary N) is 1. The smallest absolute Gasteiger partial charge is 0.282 e. The first-order valence-corrected chi connectivity index (χ1v) is 4.71. The molecule has 1 aliphatic rings. The number of rotatable bonds is 3. The van der Waals surface area contributed by atoms with Crippen molar-refractivity contribution in [3.8, 4) is 0 Å². The number of amidine groups is 2. The quantitative estimate of drug-likeness (QED) is 0.252. The van der Waals surface area contributed by atoms with Crippen molar-refractivity contribution in [2.45, 2.75) is 19.4 Å². The Bertz CT molecular complexity index is 389. The van der Waals surface area contributed by atoms with Crippen molar-refractivity contribution in [2.75, 3.05) is 7.11 Å². The number of nitrogens with two attached hydrogens (primary N) is 1. The lowest BCUT2D eigenvalue weighted by Gasteiger charge is -2.04. The van der Waals surface area contributed by atoms with E-state index in [0.29, 0.717) is 12.3 Å². The van der Waals surface area contributed by atoms with Gasteiger partial charge in [0, 0.05) is 6.42 Å². The molecule has 1 aliphatic heterocycles. The number of hydrogen-bond acceptors (Lipinski definition) is 7. The SMILES string of the molecule is CO/N=C(C(=O)NC1=NOC(C)C1)\C(N)=N\O. The van der Waals surface area contributed by atoms with Crippen molar-refractivity contribution in [2.24, 2.45) is 21.2 Å². The van der Waals surface area contributed by atoms with Gasteiger partial charge in [0.15, 0.2) is 11.7 Å². The van der Waals surface area contributed by atoms with Gasteiger partial charge >= 0.3 is 0 Å². The molecule has 0 saturated carbocycles. The largest absolute Gasteiger partial charge is 0.409 e. The van der Waals surface area contributed by atoms with Crippen molar-refractivity contribution < 1.29 is 19.7 Å². The molecule has 1 amide bonds. The Morgan fingerprint density at radius 2 is 2.47 bits per heavy atom. The van der Waals surface area contributed by atoms with Crippen LogP contribution in [0.2, 0.25) is 0 Å². The third-order valence-electron chi connectivity index (χ3n) is 1.83. The molecule has 0 aromatic carbocycles. The van der Waals surface area contributed by atoms with Crippen LogP contribution in [-0.4, -0.2) is 41.7 Å². The minimum absolute atomic E-state index is 0.100. The fourth-order valence-corrected chi connectivity index (χ4v) is 1.11. The Morgan fingerprint density at radius 3 is 2.94 bits per heavy atom. The molecule has 0 bridgehead atoms. The minimum Gasteiger partial charge on any atom is -0.409 e. The molecule has 0 aromatic rings. The predicted molar refractivity (Wildman–Crippen MR) is 58.6 cm³/mol. The molecule has 0 saturated heterocycles. The maximum absolute atomic E-state index is 11.7. The molecule has 1 atom stereocenters. The number of carbonyl (C=O) groups is 1. The number of hydrogen-bond donors (Lipinski definition) is 3. The zero-order chi connectivity index (χ0) is 12.8. The molecule has 1 unspecified atom stereocenters. The highest BCUT2D eigenvalue weighted by atomic mass is 16.6. The second kappa shape index (κ2) is 5.68. The van der Waals surface area contributed by atoms with Gasteiger partial charge in [-0.1, -0.05) is 15.5 Å². The van der Waals surface area contributed by atoms with Gasteiger partial charge in [-0.15, -0.1) is 0 Å². The van der Waals surface area contributed by atoms with Crippen LogP contribution in [0.15, 0.2) is 15.5 Å². The van der Waals surface area contributed by atoms with Crippen molar-refractivity contribution in [1.82, 2.24) is 5.32 Å². The van der Waals surface area contributed by atoms with Gasteiger partial charge < -0.3 is 25.9 Å². The highest BCUT2D eigenvalue weighted by Gasteiger charge is 2.23. The highest BCUT2D eigenvalue weighted by molar-refractivity contribution is 6.66. The number of amides is 1. The maximum Gasteiger partial charge on any atom is 0.282 e. The second-order valence-corrected chi connectivity index (χ2v) is 3.22. The predicted octanol–water partition coefficient (Wildman–Crippen LogP) is -1.03. The normalized spacial score (nSPS) is 20.6. The van der Waals surface area contributed by atoms with Crippen LogP contribution in [0.25, 0.3) is 0 Å². The Morgan fingerprint density at radius 1 is 1.76 bits per heavy atom. The molecule has 0 fully saturated rings. The molecule has 0 aromatic heterocycles. The van der Waals surface area contributed by atoms with Crippen molar-refractivity contribution in [1.29, 1.82) is 0 Å². The van der Waals surface area contributed by atoms with Crippen LogP contribution >= 0.6 is 0 Å². The molecular weight excluding hydrogens is 230 g/mol. The van der Waals surface area contributed by atoms with E-state index in [1.807, 2.05) is 0 Å². The van der Waals surface area contributed by atoms with Crippen LogP contribution in [0.1, 0.15) is 13.3 Å². The molecule has 0 aliphatic carbocycles. The van der Waals surface area contributed by atoms with E-state index in [2.05, 4.69) is 25.6 Å². The van der Waals surface area contributed by atoms with E-state index in [1.54, 1.807) is 6.92 Å². The first kappa shape index (κ1) is 12.7. The molecule has 17 heavy (non-hydrogen) atoms. The van der Waals surface area contributed by atoms with E-state index >= 15 is 0 Å². The average Bonchev–Trinajstić information content (AvgIpc) is 2.70. The molecule has 4 N–H and O–H groups in total. The number of carbonyl (C=O) groups excluding carboxylic acids is 1. The summed E-state index contributed by atoms with van der Waals surface area (Å²) in [5.74, 6) is -0.812. The first-order valence-electron chi connectivity index (χ1n) is 4.71. The van der Waals surface area contributed by atoms with E-state index in [1.165, 1.54) is 7.11 Å². The van der Waals surface area contributed by atoms with Crippen LogP contribution < -0.4 is 11.1 Å². The average molecular weight is 243 g/mol. The van der Waals surface area contributed by atoms with Gasteiger partial charge in [0.05, 0.1) is 0 Å². The van der Waals surface area contributed by atoms with Crippen molar-refractivity contribution in [3.05, 3.63) is 0 Å². The Kier molecular flexibility index (Phi) is 4.26. The number of oxime groups is 3. The molecule has 0 radical (unpaired) electrons. The summed E-state index contributed by atoms with van der Waals surface area (Å²) in [7, 11) is 1.23.